The van der Waals surface area contributed by atoms with Crippen LogP contribution in [0.5, 0.6) is 0 Å². The lowest BCUT2D eigenvalue weighted by molar-refractivity contribution is -0.124. The molecule has 0 aliphatic heterocycles. The summed E-state index contributed by atoms with van der Waals surface area (Å²) in [4.78, 5) is 21.8. The summed E-state index contributed by atoms with van der Waals surface area (Å²) in [5, 5.41) is 2.46. The molecule has 0 aliphatic rings. The second kappa shape index (κ2) is 6.39. The van der Waals surface area contributed by atoms with Gasteiger partial charge in [0.15, 0.2) is 0 Å². The maximum atomic E-state index is 11.3. The van der Waals surface area contributed by atoms with E-state index in [-0.39, 0.29) is 12.5 Å². The van der Waals surface area contributed by atoms with E-state index in [1.54, 1.807) is 0 Å². The van der Waals surface area contributed by atoms with E-state index < -0.39 is 5.91 Å². The average molecular weight is 299 g/mol. The Bertz CT molecular complexity index is 433. The molecule has 0 spiro atoms. The molecule has 0 bridgehead atoms. The Hall–Kier alpha value is -1.36. The normalized spacial score (nSPS) is 10.0. The van der Waals surface area contributed by atoms with E-state index in [1.165, 1.54) is 0 Å². The Labute approximate surface area is 109 Å². The fraction of sp³-hybridized carbons (Fsp3) is 0.333. The highest BCUT2D eigenvalue weighted by molar-refractivity contribution is 9.10. The van der Waals surface area contributed by atoms with E-state index in [0.29, 0.717) is 12.8 Å². The number of hydrogen-bond acceptors (Lipinski definition) is 2. The van der Waals surface area contributed by atoms with E-state index in [2.05, 4.69) is 21.2 Å². The van der Waals surface area contributed by atoms with E-state index in [0.717, 1.165) is 15.6 Å². The van der Waals surface area contributed by atoms with Crippen molar-refractivity contribution in [2.24, 2.45) is 5.73 Å². The summed E-state index contributed by atoms with van der Waals surface area (Å²) in [6.45, 7) is 1.90. The monoisotopic (exact) mass is 298 g/mol. The fourth-order valence-electron chi connectivity index (χ4n) is 1.39. The molecule has 4 nitrogen and oxygen atoms in total. The van der Waals surface area contributed by atoms with Crippen LogP contribution in [0.4, 0.5) is 0 Å². The first-order valence-corrected chi connectivity index (χ1v) is 6.08. The Kier molecular flexibility index (Phi) is 5.15. The Morgan fingerprint density at radius 2 is 2.12 bits per heavy atom. The van der Waals surface area contributed by atoms with Crippen LogP contribution in [0.15, 0.2) is 22.7 Å². The third kappa shape index (κ3) is 4.99. The van der Waals surface area contributed by atoms with Gasteiger partial charge in [0.05, 0.1) is 6.54 Å². The number of amides is 2. The minimum Gasteiger partial charge on any atom is -0.368 e. The van der Waals surface area contributed by atoms with E-state index in [4.69, 9.17) is 5.73 Å². The highest BCUT2D eigenvalue weighted by Gasteiger charge is 2.04. The number of nitrogens with two attached hydrogens (primary N) is 1. The fourth-order valence-corrected chi connectivity index (χ4v) is 1.64. The van der Waals surface area contributed by atoms with Crippen molar-refractivity contribution < 1.29 is 9.59 Å². The van der Waals surface area contributed by atoms with Gasteiger partial charge in [0.25, 0.3) is 0 Å². The number of benzene rings is 1. The predicted octanol–water partition coefficient (Wildman–Crippen LogP) is 1.29. The minimum atomic E-state index is -0.530. The van der Waals surface area contributed by atoms with E-state index in [9.17, 15) is 9.59 Å². The molecule has 5 heteroatoms. The molecule has 92 valence electrons. The maximum Gasteiger partial charge on any atom is 0.236 e. The van der Waals surface area contributed by atoms with Crippen molar-refractivity contribution in [3.05, 3.63) is 33.8 Å². The molecule has 0 aromatic heterocycles. The van der Waals surface area contributed by atoms with Crippen LogP contribution in [0.2, 0.25) is 0 Å². The molecule has 0 saturated heterocycles. The van der Waals surface area contributed by atoms with Crippen molar-refractivity contribution in [2.45, 2.75) is 19.8 Å². The van der Waals surface area contributed by atoms with E-state index >= 15 is 0 Å². The van der Waals surface area contributed by atoms with Gasteiger partial charge in [-0.2, -0.15) is 0 Å². The third-order valence-corrected chi connectivity index (χ3v) is 3.21. The van der Waals surface area contributed by atoms with Gasteiger partial charge in [-0.3, -0.25) is 9.59 Å². The summed E-state index contributed by atoms with van der Waals surface area (Å²) in [5.74, 6) is -0.692. The molecule has 0 saturated carbocycles. The highest BCUT2D eigenvalue weighted by atomic mass is 79.9. The smallest absolute Gasteiger partial charge is 0.236 e. The molecular formula is C12H15BrN2O2. The van der Waals surface area contributed by atoms with Crippen LogP contribution in [0.3, 0.4) is 0 Å². The van der Waals surface area contributed by atoms with Crippen molar-refractivity contribution >= 4 is 27.7 Å². The first-order chi connectivity index (χ1) is 7.99. The van der Waals surface area contributed by atoms with Gasteiger partial charge in [0.2, 0.25) is 11.8 Å². The Morgan fingerprint density at radius 3 is 2.71 bits per heavy atom. The van der Waals surface area contributed by atoms with Gasteiger partial charge in [0, 0.05) is 10.9 Å². The quantitative estimate of drug-likeness (QED) is 0.860. The van der Waals surface area contributed by atoms with Gasteiger partial charge in [-0.05, 0) is 30.5 Å². The van der Waals surface area contributed by atoms with Crippen LogP contribution in [0, 0.1) is 6.92 Å². The number of rotatable bonds is 5. The second-order valence-corrected chi connectivity index (χ2v) is 4.68. The molecular weight excluding hydrogens is 284 g/mol. The predicted molar refractivity (Wildman–Crippen MR) is 69.4 cm³/mol. The zero-order chi connectivity index (χ0) is 12.8. The molecule has 0 fully saturated rings. The highest BCUT2D eigenvalue weighted by Crippen LogP contribution is 2.17. The molecule has 0 aliphatic carbocycles. The third-order valence-electron chi connectivity index (χ3n) is 2.32. The number of carbonyl (C=O) groups is 2. The molecule has 1 aromatic carbocycles. The lowest BCUT2D eigenvalue weighted by atomic mass is 10.1. The Balaban J connectivity index is 2.42. The zero-order valence-corrected chi connectivity index (χ0v) is 11.2. The summed E-state index contributed by atoms with van der Waals surface area (Å²) < 4.78 is 1.06. The molecule has 17 heavy (non-hydrogen) atoms. The summed E-state index contributed by atoms with van der Waals surface area (Å²) in [7, 11) is 0. The molecule has 0 heterocycles. The standard InChI is InChI=1S/C12H15BrN2O2/c1-8-6-9(2-4-10(8)13)3-5-12(17)15-7-11(14)16/h2,4,6H,3,5,7H2,1H3,(H2,14,16)(H,15,17). The molecule has 2 amide bonds. The first kappa shape index (κ1) is 13.7. The van der Waals surface area contributed by atoms with Gasteiger partial charge in [-0.1, -0.05) is 28.1 Å². The Morgan fingerprint density at radius 1 is 1.41 bits per heavy atom. The SMILES string of the molecule is Cc1cc(CCC(=O)NCC(N)=O)ccc1Br. The van der Waals surface area contributed by atoms with Crippen LogP contribution in [-0.2, 0) is 16.0 Å². The number of nitrogens with one attached hydrogen (secondary N) is 1. The number of hydrogen-bond donors (Lipinski definition) is 2. The van der Waals surface area contributed by atoms with Gasteiger partial charge in [0.1, 0.15) is 0 Å². The van der Waals surface area contributed by atoms with Crippen LogP contribution in [0.25, 0.3) is 0 Å². The molecule has 1 rings (SSSR count). The van der Waals surface area contributed by atoms with Crippen molar-refractivity contribution in [1.82, 2.24) is 5.32 Å². The second-order valence-electron chi connectivity index (χ2n) is 3.83. The van der Waals surface area contributed by atoms with Crippen molar-refractivity contribution in [3.63, 3.8) is 0 Å². The summed E-state index contributed by atoms with van der Waals surface area (Å²) >= 11 is 3.42. The minimum absolute atomic E-state index is 0.0990. The lowest BCUT2D eigenvalue weighted by Gasteiger charge is -2.05. The molecule has 0 atom stereocenters. The summed E-state index contributed by atoms with van der Waals surface area (Å²) in [5.41, 5.74) is 7.16. The average Bonchev–Trinajstić information content (AvgIpc) is 2.28. The van der Waals surface area contributed by atoms with Crippen molar-refractivity contribution in [1.29, 1.82) is 0 Å². The summed E-state index contributed by atoms with van der Waals surface area (Å²) in [6, 6.07) is 5.97. The zero-order valence-electron chi connectivity index (χ0n) is 9.63. The number of halogens is 1. The van der Waals surface area contributed by atoms with Gasteiger partial charge < -0.3 is 11.1 Å². The topological polar surface area (TPSA) is 72.2 Å². The molecule has 0 radical (unpaired) electrons. The lowest BCUT2D eigenvalue weighted by Crippen LogP contribution is -2.33. The van der Waals surface area contributed by atoms with Gasteiger partial charge in [-0.15, -0.1) is 0 Å². The number of aryl methyl sites for hydroxylation is 2. The van der Waals surface area contributed by atoms with Crippen LogP contribution >= 0.6 is 15.9 Å². The first-order valence-electron chi connectivity index (χ1n) is 5.29. The van der Waals surface area contributed by atoms with Gasteiger partial charge in [-0.25, -0.2) is 0 Å². The van der Waals surface area contributed by atoms with E-state index in [1.807, 2.05) is 25.1 Å². The van der Waals surface area contributed by atoms with Crippen LogP contribution < -0.4 is 11.1 Å². The number of primary amides is 1. The largest absolute Gasteiger partial charge is 0.368 e. The van der Waals surface area contributed by atoms with Crippen LogP contribution in [0.1, 0.15) is 17.5 Å². The summed E-state index contributed by atoms with van der Waals surface area (Å²) in [6.07, 6.45) is 1.01. The molecule has 3 N–H and O–H groups in total. The maximum absolute atomic E-state index is 11.3. The number of carbonyl (C=O) groups excluding carboxylic acids is 2. The van der Waals surface area contributed by atoms with Crippen LogP contribution in [-0.4, -0.2) is 18.4 Å². The molecule has 0 unspecified atom stereocenters. The van der Waals surface area contributed by atoms with Crippen molar-refractivity contribution in [3.8, 4) is 0 Å². The molecule has 1 aromatic rings. The van der Waals surface area contributed by atoms with Crippen molar-refractivity contribution in [2.75, 3.05) is 6.54 Å². The van der Waals surface area contributed by atoms with Gasteiger partial charge >= 0.3 is 0 Å².